The quantitative estimate of drug-likeness (QED) is 0.0346. The van der Waals surface area contributed by atoms with Gasteiger partial charge < -0.3 is 14.2 Å². The summed E-state index contributed by atoms with van der Waals surface area (Å²) >= 11 is 0. The Morgan fingerprint density at radius 3 is 1.00 bits per heavy atom. The normalized spacial score (nSPS) is 12.5. The summed E-state index contributed by atoms with van der Waals surface area (Å²) in [5.74, 6) is 0.813. The Morgan fingerprint density at radius 1 is 0.368 bits per heavy atom. The highest BCUT2D eigenvalue weighted by Gasteiger charge is 2.19. The van der Waals surface area contributed by atoms with Crippen molar-refractivity contribution in [3.8, 4) is 0 Å². The fourth-order valence-electron chi connectivity index (χ4n) is 7.60. The summed E-state index contributed by atoms with van der Waals surface area (Å²) in [4.78, 5) is 37.9. The van der Waals surface area contributed by atoms with Gasteiger partial charge in [0.05, 0.1) is 0 Å². The average molecular weight is 807 g/mol. The predicted octanol–water partition coefficient (Wildman–Crippen LogP) is 16.1. The van der Waals surface area contributed by atoms with E-state index in [9.17, 15) is 14.4 Å². The van der Waals surface area contributed by atoms with Crippen LogP contribution in [0.5, 0.6) is 0 Å². The van der Waals surface area contributed by atoms with Crippen molar-refractivity contribution in [1.29, 1.82) is 0 Å². The first kappa shape index (κ1) is 55.4. The monoisotopic (exact) mass is 807 g/mol. The number of unbranched alkanes of at least 4 members (excludes halogenated alkanes) is 29. The van der Waals surface area contributed by atoms with Crippen molar-refractivity contribution in [2.45, 2.75) is 285 Å². The van der Waals surface area contributed by atoms with Gasteiger partial charge in [-0.15, -0.1) is 0 Å². The van der Waals surface area contributed by atoms with Crippen LogP contribution in [-0.4, -0.2) is 37.2 Å². The molecule has 57 heavy (non-hydrogen) atoms. The number of rotatable bonds is 45. The number of carbonyl (C=O) groups is 3. The van der Waals surface area contributed by atoms with Crippen LogP contribution in [0.15, 0.2) is 0 Å². The van der Waals surface area contributed by atoms with E-state index in [1.54, 1.807) is 0 Å². The van der Waals surface area contributed by atoms with Gasteiger partial charge in [-0.05, 0) is 31.1 Å². The van der Waals surface area contributed by atoms with Crippen LogP contribution in [0.1, 0.15) is 279 Å². The minimum absolute atomic E-state index is 0.0642. The second-order valence-corrected chi connectivity index (χ2v) is 18.2. The maximum absolute atomic E-state index is 12.8. The van der Waals surface area contributed by atoms with Crippen LogP contribution in [0.2, 0.25) is 0 Å². The first-order valence-corrected chi connectivity index (χ1v) is 25.3. The number of esters is 3. The van der Waals surface area contributed by atoms with Crippen molar-refractivity contribution in [3.63, 3.8) is 0 Å². The lowest BCUT2D eigenvalue weighted by Gasteiger charge is -2.18. The Hall–Kier alpha value is -1.59. The van der Waals surface area contributed by atoms with Gasteiger partial charge in [0.15, 0.2) is 6.10 Å². The van der Waals surface area contributed by atoms with Gasteiger partial charge >= 0.3 is 17.9 Å². The summed E-state index contributed by atoms with van der Waals surface area (Å²) in [5, 5.41) is 0. The van der Waals surface area contributed by atoms with Crippen LogP contribution in [-0.2, 0) is 28.6 Å². The van der Waals surface area contributed by atoms with E-state index < -0.39 is 6.10 Å². The van der Waals surface area contributed by atoms with Crippen molar-refractivity contribution >= 4 is 17.9 Å². The molecule has 0 spiro atoms. The minimum atomic E-state index is -0.761. The summed E-state index contributed by atoms with van der Waals surface area (Å²) in [6, 6.07) is 0. The van der Waals surface area contributed by atoms with Crippen LogP contribution in [0, 0.1) is 11.8 Å². The molecule has 0 amide bonds. The standard InChI is InChI=1S/C51H98O6/c1-6-8-9-10-11-12-13-14-15-16-20-26-31-36-41-49(52)55-44-48(45-56-50(53)42-37-32-27-23-22-25-30-35-40-47(5)7-2)57-51(54)43-38-33-28-21-18-17-19-24-29-34-39-46(3)4/h46-48H,6-45H2,1-5H3/t47?,48-/m1/s1. The van der Waals surface area contributed by atoms with Gasteiger partial charge in [0, 0.05) is 19.3 Å². The third-order valence-corrected chi connectivity index (χ3v) is 11.8. The highest BCUT2D eigenvalue weighted by Crippen LogP contribution is 2.17. The maximum Gasteiger partial charge on any atom is 0.306 e. The molecular formula is C51H98O6. The van der Waals surface area contributed by atoms with Gasteiger partial charge in [0.25, 0.3) is 0 Å². The molecule has 6 nitrogen and oxygen atoms in total. The van der Waals surface area contributed by atoms with Gasteiger partial charge in [-0.2, -0.15) is 0 Å². The number of hydrogen-bond acceptors (Lipinski definition) is 6. The van der Waals surface area contributed by atoms with Gasteiger partial charge in [0.1, 0.15) is 13.2 Å². The number of carbonyl (C=O) groups excluding carboxylic acids is 3. The number of ether oxygens (including phenoxy) is 3. The maximum atomic E-state index is 12.8. The topological polar surface area (TPSA) is 78.9 Å². The Balaban J connectivity index is 4.33. The van der Waals surface area contributed by atoms with Gasteiger partial charge in [-0.25, -0.2) is 0 Å². The molecule has 0 fully saturated rings. The zero-order valence-corrected chi connectivity index (χ0v) is 39.0. The Labute approximate surface area is 355 Å². The molecule has 1 unspecified atom stereocenters. The molecule has 0 aromatic carbocycles. The molecule has 0 aliphatic rings. The molecule has 2 atom stereocenters. The summed E-state index contributed by atoms with van der Waals surface area (Å²) in [6.45, 7) is 11.4. The fraction of sp³-hybridized carbons (Fsp3) is 0.941. The molecule has 0 heterocycles. The Bertz CT molecular complexity index is 872. The van der Waals surface area contributed by atoms with Gasteiger partial charge in [0.2, 0.25) is 0 Å². The molecule has 0 saturated carbocycles. The van der Waals surface area contributed by atoms with E-state index in [2.05, 4.69) is 34.6 Å². The van der Waals surface area contributed by atoms with Crippen LogP contribution in [0.25, 0.3) is 0 Å². The molecule has 0 aliphatic heterocycles. The molecule has 6 heteroatoms. The molecule has 0 aliphatic carbocycles. The predicted molar refractivity (Wildman–Crippen MR) is 243 cm³/mol. The summed E-state index contributed by atoms with van der Waals surface area (Å²) in [7, 11) is 0. The highest BCUT2D eigenvalue weighted by molar-refractivity contribution is 5.71. The molecule has 0 aromatic heterocycles. The smallest absolute Gasteiger partial charge is 0.306 e. The minimum Gasteiger partial charge on any atom is -0.462 e. The Kier molecular flexibility index (Phi) is 42.7. The van der Waals surface area contributed by atoms with Crippen molar-refractivity contribution in [2.24, 2.45) is 11.8 Å². The van der Waals surface area contributed by atoms with E-state index in [1.807, 2.05) is 0 Å². The van der Waals surface area contributed by atoms with Crippen molar-refractivity contribution in [1.82, 2.24) is 0 Å². The third-order valence-electron chi connectivity index (χ3n) is 11.8. The van der Waals surface area contributed by atoms with E-state index >= 15 is 0 Å². The summed E-state index contributed by atoms with van der Waals surface area (Å²) in [5.41, 5.74) is 0. The first-order valence-electron chi connectivity index (χ1n) is 25.3. The van der Waals surface area contributed by atoms with Gasteiger partial charge in [-0.3, -0.25) is 14.4 Å². The first-order chi connectivity index (χ1) is 27.8. The SMILES string of the molecule is CCCCCCCCCCCCCCCCC(=O)OC[C@H](COC(=O)CCCCCCCCCCC(C)CC)OC(=O)CCCCCCCCCCCCC(C)C. The zero-order chi connectivity index (χ0) is 41.9. The molecule has 0 aromatic rings. The largest absolute Gasteiger partial charge is 0.462 e. The van der Waals surface area contributed by atoms with Gasteiger partial charge in [-0.1, -0.05) is 240 Å². The van der Waals surface area contributed by atoms with Crippen molar-refractivity contribution < 1.29 is 28.6 Å². The Morgan fingerprint density at radius 2 is 0.667 bits per heavy atom. The number of hydrogen-bond donors (Lipinski definition) is 0. The highest BCUT2D eigenvalue weighted by atomic mass is 16.6. The molecule has 0 radical (unpaired) electrons. The van der Waals surface area contributed by atoms with Crippen molar-refractivity contribution in [2.75, 3.05) is 13.2 Å². The van der Waals surface area contributed by atoms with E-state index in [4.69, 9.17) is 14.2 Å². The lowest BCUT2D eigenvalue weighted by molar-refractivity contribution is -0.167. The second kappa shape index (κ2) is 44.0. The third kappa shape index (κ3) is 43.8. The van der Waals surface area contributed by atoms with E-state index in [1.165, 1.54) is 167 Å². The second-order valence-electron chi connectivity index (χ2n) is 18.2. The lowest BCUT2D eigenvalue weighted by Crippen LogP contribution is -2.30. The molecular weight excluding hydrogens is 709 g/mol. The fourth-order valence-corrected chi connectivity index (χ4v) is 7.60. The molecule has 338 valence electrons. The summed E-state index contributed by atoms with van der Waals surface area (Å²) in [6.07, 6.45) is 43.7. The molecule has 0 bridgehead atoms. The van der Waals surface area contributed by atoms with E-state index in [0.29, 0.717) is 19.3 Å². The zero-order valence-electron chi connectivity index (χ0n) is 39.0. The van der Waals surface area contributed by atoms with Crippen LogP contribution < -0.4 is 0 Å². The van der Waals surface area contributed by atoms with Crippen LogP contribution in [0.4, 0.5) is 0 Å². The van der Waals surface area contributed by atoms with Crippen molar-refractivity contribution in [3.05, 3.63) is 0 Å². The lowest BCUT2D eigenvalue weighted by atomic mass is 9.99. The molecule has 0 rings (SSSR count). The van der Waals surface area contributed by atoms with E-state index in [-0.39, 0.29) is 31.1 Å². The van der Waals surface area contributed by atoms with Crippen LogP contribution in [0.3, 0.4) is 0 Å². The van der Waals surface area contributed by atoms with Crippen LogP contribution >= 0.6 is 0 Å². The summed E-state index contributed by atoms with van der Waals surface area (Å²) < 4.78 is 16.8. The van der Waals surface area contributed by atoms with E-state index in [0.717, 1.165) is 69.6 Å². The molecule has 0 N–H and O–H groups in total. The average Bonchev–Trinajstić information content (AvgIpc) is 3.19. The molecule has 0 saturated heterocycles.